The third kappa shape index (κ3) is 1.97. The van der Waals surface area contributed by atoms with E-state index < -0.39 is 10.0 Å². The van der Waals surface area contributed by atoms with Gasteiger partial charge in [-0.25, -0.2) is 17.4 Å². The molecular weight excluding hydrogens is 300 g/mol. The fourth-order valence-electron chi connectivity index (χ4n) is 2.76. The molecule has 3 aromatic rings. The summed E-state index contributed by atoms with van der Waals surface area (Å²) in [6.45, 7) is 1.12. The van der Waals surface area contributed by atoms with Crippen LogP contribution in [0.1, 0.15) is 6.42 Å². The average Bonchev–Trinajstić information content (AvgIpc) is 3.02. The van der Waals surface area contributed by atoms with Gasteiger partial charge in [0, 0.05) is 13.1 Å². The Morgan fingerprint density at radius 1 is 1.00 bits per heavy atom. The van der Waals surface area contributed by atoms with E-state index in [0.717, 1.165) is 17.2 Å². The molecule has 1 aliphatic heterocycles. The van der Waals surface area contributed by atoms with Crippen LogP contribution in [0.3, 0.4) is 0 Å². The monoisotopic (exact) mass is 314 g/mol. The van der Waals surface area contributed by atoms with Crippen molar-refractivity contribution in [1.82, 2.24) is 14.8 Å². The molecule has 0 amide bonds. The van der Waals surface area contributed by atoms with Crippen LogP contribution < -0.4 is 4.31 Å². The van der Waals surface area contributed by atoms with Gasteiger partial charge in [0.15, 0.2) is 0 Å². The number of benzene rings is 2. The van der Waals surface area contributed by atoms with E-state index in [2.05, 4.69) is 10.1 Å². The van der Waals surface area contributed by atoms with E-state index in [-0.39, 0.29) is 4.90 Å². The van der Waals surface area contributed by atoms with Gasteiger partial charge in [-0.15, -0.1) is 0 Å². The zero-order valence-corrected chi connectivity index (χ0v) is 12.6. The van der Waals surface area contributed by atoms with Crippen molar-refractivity contribution in [3.63, 3.8) is 0 Å². The quantitative estimate of drug-likeness (QED) is 0.726. The first-order chi connectivity index (χ1) is 10.7. The molecule has 4 rings (SSSR count). The molecule has 22 heavy (non-hydrogen) atoms. The Bertz CT molecular complexity index is 949. The largest absolute Gasteiger partial charge is 0.266 e. The Balaban J connectivity index is 1.83. The van der Waals surface area contributed by atoms with E-state index in [1.54, 1.807) is 16.8 Å². The summed E-state index contributed by atoms with van der Waals surface area (Å²) in [4.78, 5) is 4.37. The highest BCUT2D eigenvalue weighted by atomic mass is 32.2. The lowest BCUT2D eigenvalue weighted by molar-refractivity contribution is 0.529. The molecule has 112 valence electrons. The molecule has 0 bridgehead atoms. The van der Waals surface area contributed by atoms with Crippen LogP contribution in [0.5, 0.6) is 0 Å². The van der Waals surface area contributed by atoms with Crippen molar-refractivity contribution in [2.45, 2.75) is 17.9 Å². The first-order valence-electron chi connectivity index (χ1n) is 7.06. The van der Waals surface area contributed by atoms with Crippen LogP contribution in [0.25, 0.3) is 10.8 Å². The van der Waals surface area contributed by atoms with Crippen molar-refractivity contribution in [2.75, 3.05) is 10.8 Å². The lowest BCUT2D eigenvalue weighted by Crippen LogP contribution is -2.38. The molecule has 0 saturated heterocycles. The van der Waals surface area contributed by atoms with E-state index in [9.17, 15) is 8.42 Å². The van der Waals surface area contributed by atoms with E-state index in [4.69, 9.17) is 0 Å². The van der Waals surface area contributed by atoms with Gasteiger partial charge in [-0.2, -0.15) is 10.1 Å². The minimum Gasteiger partial charge on any atom is -0.234 e. The van der Waals surface area contributed by atoms with E-state index in [1.165, 1.54) is 10.6 Å². The molecular formula is C15H14N4O2S. The molecule has 0 aliphatic carbocycles. The molecule has 0 unspecified atom stereocenters. The zero-order valence-electron chi connectivity index (χ0n) is 11.8. The Kier molecular flexibility index (Phi) is 2.90. The van der Waals surface area contributed by atoms with Crippen molar-refractivity contribution in [3.05, 3.63) is 48.8 Å². The summed E-state index contributed by atoms with van der Waals surface area (Å²) in [5.41, 5.74) is 0. The molecule has 6 nitrogen and oxygen atoms in total. The van der Waals surface area contributed by atoms with Crippen molar-refractivity contribution in [1.29, 1.82) is 0 Å². The molecule has 0 saturated carbocycles. The number of rotatable bonds is 2. The first kappa shape index (κ1) is 13.3. The van der Waals surface area contributed by atoms with Gasteiger partial charge in [-0.05, 0) is 29.3 Å². The predicted molar refractivity (Wildman–Crippen MR) is 83.1 cm³/mol. The predicted octanol–water partition coefficient (Wildman–Crippen LogP) is 2.03. The fraction of sp³-hybridized carbons (Fsp3) is 0.200. The van der Waals surface area contributed by atoms with Crippen molar-refractivity contribution >= 4 is 26.7 Å². The fourth-order valence-corrected chi connectivity index (χ4v) is 4.25. The third-order valence-electron chi connectivity index (χ3n) is 3.86. The van der Waals surface area contributed by atoms with Crippen LogP contribution >= 0.6 is 0 Å². The summed E-state index contributed by atoms with van der Waals surface area (Å²) in [7, 11) is -3.63. The standard InChI is InChI=1S/C15H14N4O2S/c20-22(21,19-9-3-8-18-15(19)16-11-17-18)14-7-6-12-4-1-2-5-13(12)10-14/h1-2,4-7,10-11H,3,8-9H2. The number of fused-ring (bicyclic) bond motifs is 2. The second-order valence-corrected chi connectivity index (χ2v) is 7.09. The number of aryl methyl sites for hydroxylation is 1. The van der Waals surface area contributed by atoms with Crippen LogP contribution in [0, 0.1) is 0 Å². The minimum atomic E-state index is -3.63. The number of hydrogen-bond donors (Lipinski definition) is 0. The number of aromatic nitrogens is 3. The molecule has 0 fully saturated rings. The van der Waals surface area contributed by atoms with Gasteiger partial charge in [0.05, 0.1) is 4.90 Å². The summed E-state index contributed by atoms with van der Waals surface area (Å²) < 4.78 is 28.8. The van der Waals surface area contributed by atoms with Crippen molar-refractivity contribution in [2.24, 2.45) is 0 Å². The summed E-state index contributed by atoms with van der Waals surface area (Å²) in [6, 6.07) is 12.9. The zero-order chi connectivity index (χ0) is 15.2. The van der Waals surface area contributed by atoms with Crippen LogP contribution in [0.2, 0.25) is 0 Å². The lowest BCUT2D eigenvalue weighted by Gasteiger charge is -2.27. The second kappa shape index (κ2) is 4.81. The number of anilines is 1. The molecule has 2 heterocycles. The third-order valence-corrected chi connectivity index (χ3v) is 5.63. The van der Waals surface area contributed by atoms with Gasteiger partial charge in [0.2, 0.25) is 5.95 Å². The molecule has 1 aromatic heterocycles. The van der Waals surface area contributed by atoms with E-state index in [0.29, 0.717) is 19.0 Å². The van der Waals surface area contributed by atoms with Crippen LogP contribution in [0.4, 0.5) is 5.95 Å². The van der Waals surface area contributed by atoms with Gasteiger partial charge in [-0.1, -0.05) is 30.3 Å². The maximum absolute atomic E-state index is 12.9. The molecule has 0 N–H and O–H groups in total. The normalized spacial score (nSPS) is 15.0. The summed E-state index contributed by atoms with van der Waals surface area (Å²) >= 11 is 0. The van der Waals surface area contributed by atoms with Gasteiger partial charge in [0.1, 0.15) is 6.33 Å². The lowest BCUT2D eigenvalue weighted by atomic mass is 10.1. The Labute approximate surface area is 128 Å². The van der Waals surface area contributed by atoms with Gasteiger partial charge in [0.25, 0.3) is 10.0 Å². The highest BCUT2D eigenvalue weighted by Gasteiger charge is 2.31. The molecule has 7 heteroatoms. The number of nitrogens with zero attached hydrogens (tertiary/aromatic N) is 4. The van der Waals surface area contributed by atoms with E-state index in [1.807, 2.05) is 30.3 Å². The highest BCUT2D eigenvalue weighted by Crippen LogP contribution is 2.27. The van der Waals surface area contributed by atoms with Crippen molar-refractivity contribution in [3.8, 4) is 0 Å². The molecule has 0 atom stereocenters. The van der Waals surface area contributed by atoms with Gasteiger partial charge >= 0.3 is 0 Å². The van der Waals surface area contributed by atoms with Crippen LogP contribution in [-0.2, 0) is 16.6 Å². The molecule has 1 aliphatic rings. The van der Waals surface area contributed by atoms with E-state index >= 15 is 0 Å². The molecule has 0 radical (unpaired) electrons. The SMILES string of the molecule is O=S(=O)(c1ccc2ccccc2c1)N1CCCn2ncnc21. The number of sulfonamides is 1. The van der Waals surface area contributed by atoms with Crippen LogP contribution in [-0.4, -0.2) is 29.7 Å². The Morgan fingerprint density at radius 2 is 1.82 bits per heavy atom. The van der Waals surface area contributed by atoms with Gasteiger partial charge < -0.3 is 0 Å². The number of hydrogen-bond acceptors (Lipinski definition) is 4. The summed E-state index contributed by atoms with van der Waals surface area (Å²) in [6.07, 6.45) is 2.12. The summed E-state index contributed by atoms with van der Waals surface area (Å²) in [5.74, 6) is 0.388. The minimum absolute atomic E-state index is 0.280. The Morgan fingerprint density at radius 3 is 2.68 bits per heavy atom. The Hall–Kier alpha value is -2.41. The maximum Gasteiger partial charge on any atom is 0.266 e. The smallest absolute Gasteiger partial charge is 0.234 e. The molecule has 0 spiro atoms. The summed E-state index contributed by atoms with van der Waals surface area (Å²) in [5, 5.41) is 5.99. The topological polar surface area (TPSA) is 68.1 Å². The first-order valence-corrected chi connectivity index (χ1v) is 8.50. The second-order valence-electron chi connectivity index (χ2n) is 5.22. The van der Waals surface area contributed by atoms with Crippen LogP contribution in [0.15, 0.2) is 53.7 Å². The highest BCUT2D eigenvalue weighted by molar-refractivity contribution is 7.92. The average molecular weight is 314 g/mol. The maximum atomic E-state index is 12.9. The van der Waals surface area contributed by atoms with Crippen molar-refractivity contribution < 1.29 is 8.42 Å². The molecule has 2 aromatic carbocycles. The van der Waals surface area contributed by atoms with Gasteiger partial charge in [-0.3, -0.25) is 0 Å².